The molecular weight excluding hydrogens is 276 g/mol. The summed E-state index contributed by atoms with van der Waals surface area (Å²) >= 11 is 0. The zero-order chi connectivity index (χ0) is 15.4. The molecular formula is C13H18N4O4. The number of nitrogens with zero attached hydrogens (tertiary/aromatic N) is 3. The van der Waals surface area contributed by atoms with Crippen LogP contribution in [0.2, 0.25) is 0 Å². The fourth-order valence-corrected chi connectivity index (χ4v) is 2.61. The van der Waals surface area contributed by atoms with Crippen LogP contribution < -0.4 is 10.6 Å². The molecule has 0 spiro atoms. The van der Waals surface area contributed by atoms with E-state index < -0.39 is 4.92 Å². The van der Waals surface area contributed by atoms with Crippen molar-refractivity contribution in [3.8, 4) is 0 Å². The summed E-state index contributed by atoms with van der Waals surface area (Å²) in [5.74, 6) is -0.00564. The van der Waals surface area contributed by atoms with Crippen molar-refractivity contribution in [3.63, 3.8) is 0 Å². The van der Waals surface area contributed by atoms with Gasteiger partial charge < -0.3 is 20.9 Å². The van der Waals surface area contributed by atoms with Gasteiger partial charge >= 0.3 is 0 Å². The van der Waals surface area contributed by atoms with Gasteiger partial charge in [-0.1, -0.05) is 5.16 Å². The largest absolute Gasteiger partial charge is 0.409 e. The van der Waals surface area contributed by atoms with Crippen LogP contribution in [0.3, 0.4) is 0 Å². The molecule has 1 unspecified atom stereocenters. The van der Waals surface area contributed by atoms with Crippen LogP contribution in [0.1, 0.15) is 18.4 Å². The van der Waals surface area contributed by atoms with Crippen molar-refractivity contribution < 1.29 is 15.2 Å². The van der Waals surface area contributed by atoms with Crippen LogP contribution in [0, 0.1) is 16.0 Å². The lowest BCUT2D eigenvalue weighted by molar-refractivity contribution is -0.384. The number of nitro benzene ring substituents is 1. The van der Waals surface area contributed by atoms with E-state index in [2.05, 4.69) is 5.16 Å². The number of hydrogen-bond donors (Lipinski definition) is 3. The number of nitro groups is 1. The maximum absolute atomic E-state index is 10.9. The molecule has 0 radical (unpaired) electrons. The molecule has 8 heteroatoms. The highest BCUT2D eigenvalue weighted by Crippen LogP contribution is 2.29. The van der Waals surface area contributed by atoms with Gasteiger partial charge in [0, 0.05) is 37.5 Å². The quantitative estimate of drug-likeness (QED) is 0.249. The Morgan fingerprint density at radius 2 is 2.33 bits per heavy atom. The van der Waals surface area contributed by atoms with Gasteiger partial charge in [-0.05, 0) is 24.8 Å². The fraction of sp³-hybridized carbons (Fsp3) is 0.462. The Kier molecular flexibility index (Phi) is 4.59. The van der Waals surface area contributed by atoms with Crippen LogP contribution in [-0.2, 0) is 0 Å². The molecule has 0 bridgehead atoms. The number of nitrogens with two attached hydrogens (primary N) is 1. The summed E-state index contributed by atoms with van der Waals surface area (Å²) in [5.41, 5.74) is 6.52. The minimum atomic E-state index is -0.523. The van der Waals surface area contributed by atoms with Crippen LogP contribution in [-0.4, -0.2) is 40.8 Å². The number of aliphatic hydroxyl groups excluding tert-OH is 1. The van der Waals surface area contributed by atoms with E-state index in [1.807, 2.05) is 4.90 Å². The number of amidine groups is 1. The monoisotopic (exact) mass is 294 g/mol. The summed E-state index contributed by atoms with van der Waals surface area (Å²) in [6.07, 6.45) is 1.86. The van der Waals surface area contributed by atoms with Crippen molar-refractivity contribution in [1.82, 2.24) is 0 Å². The molecule has 0 aliphatic carbocycles. The van der Waals surface area contributed by atoms with Crippen molar-refractivity contribution >= 4 is 17.2 Å². The van der Waals surface area contributed by atoms with E-state index >= 15 is 0 Å². The van der Waals surface area contributed by atoms with Crippen LogP contribution >= 0.6 is 0 Å². The molecule has 1 aliphatic heterocycles. The average Bonchev–Trinajstić information content (AvgIpc) is 2.53. The van der Waals surface area contributed by atoms with Gasteiger partial charge in [0.1, 0.15) is 0 Å². The van der Waals surface area contributed by atoms with Gasteiger partial charge in [0.15, 0.2) is 5.84 Å². The summed E-state index contributed by atoms with van der Waals surface area (Å²) in [5, 5.41) is 32.0. The highest BCUT2D eigenvalue weighted by atomic mass is 16.6. The van der Waals surface area contributed by atoms with E-state index in [9.17, 15) is 15.2 Å². The third kappa shape index (κ3) is 3.22. The predicted molar refractivity (Wildman–Crippen MR) is 77.6 cm³/mol. The van der Waals surface area contributed by atoms with Gasteiger partial charge in [0.05, 0.1) is 10.5 Å². The lowest BCUT2D eigenvalue weighted by Gasteiger charge is -2.34. The normalized spacial score (nSPS) is 19.6. The molecule has 1 aromatic rings. The first-order valence-corrected chi connectivity index (χ1v) is 6.69. The van der Waals surface area contributed by atoms with Crippen LogP contribution in [0.5, 0.6) is 0 Å². The highest BCUT2D eigenvalue weighted by Gasteiger charge is 2.23. The summed E-state index contributed by atoms with van der Waals surface area (Å²) < 4.78 is 0. The zero-order valence-electron chi connectivity index (χ0n) is 11.5. The highest BCUT2D eigenvalue weighted by molar-refractivity contribution is 6.02. The number of hydrogen-bond acceptors (Lipinski definition) is 6. The summed E-state index contributed by atoms with van der Waals surface area (Å²) in [6, 6.07) is 4.30. The van der Waals surface area contributed by atoms with Crippen LogP contribution in [0.15, 0.2) is 23.4 Å². The molecule has 1 atom stereocenters. The number of non-ortho nitro benzene ring substituents is 1. The number of anilines is 1. The number of aliphatic hydroxyl groups is 1. The first-order chi connectivity index (χ1) is 10.1. The third-order valence-electron chi connectivity index (χ3n) is 3.69. The molecule has 0 saturated carbocycles. The Morgan fingerprint density at radius 1 is 1.57 bits per heavy atom. The van der Waals surface area contributed by atoms with Gasteiger partial charge in [0.25, 0.3) is 5.69 Å². The predicted octanol–water partition coefficient (Wildman–Crippen LogP) is 0.898. The molecule has 21 heavy (non-hydrogen) atoms. The van der Waals surface area contributed by atoms with Gasteiger partial charge in [0.2, 0.25) is 0 Å². The second-order valence-electron chi connectivity index (χ2n) is 5.08. The van der Waals surface area contributed by atoms with Crippen LogP contribution in [0.4, 0.5) is 11.4 Å². The van der Waals surface area contributed by atoms with Gasteiger partial charge in [-0.15, -0.1) is 0 Å². The molecule has 0 amide bonds. The first kappa shape index (κ1) is 15.0. The molecule has 2 rings (SSSR count). The van der Waals surface area contributed by atoms with Crippen molar-refractivity contribution in [2.75, 3.05) is 24.6 Å². The number of benzene rings is 1. The first-order valence-electron chi connectivity index (χ1n) is 6.69. The maximum atomic E-state index is 10.9. The van der Waals surface area contributed by atoms with E-state index in [0.717, 1.165) is 19.4 Å². The van der Waals surface area contributed by atoms with Gasteiger partial charge in [-0.3, -0.25) is 10.1 Å². The van der Waals surface area contributed by atoms with E-state index in [0.29, 0.717) is 17.8 Å². The molecule has 1 fully saturated rings. The lowest BCUT2D eigenvalue weighted by Crippen LogP contribution is -2.38. The van der Waals surface area contributed by atoms with Crippen molar-refractivity contribution in [2.45, 2.75) is 12.8 Å². The molecule has 1 heterocycles. The Balaban J connectivity index is 2.40. The Labute approximate surface area is 121 Å². The minimum Gasteiger partial charge on any atom is -0.409 e. The van der Waals surface area contributed by atoms with Crippen LogP contribution in [0.25, 0.3) is 0 Å². The molecule has 4 N–H and O–H groups in total. The second kappa shape index (κ2) is 6.40. The van der Waals surface area contributed by atoms with Crippen molar-refractivity contribution in [1.29, 1.82) is 0 Å². The average molecular weight is 294 g/mol. The smallest absolute Gasteiger partial charge is 0.270 e. The minimum absolute atomic E-state index is 0.0996. The third-order valence-corrected chi connectivity index (χ3v) is 3.69. The lowest BCUT2D eigenvalue weighted by atomic mass is 9.97. The summed E-state index contributed by atoms with van der Waals surface area (Å²) in [7, 11) is 0. The van der Waals surface area contributed by atoms with Crippen molar-refractivity contribution in [3.05, 3.63) is 33.9 Å². The van der Waals surface area contributed by atoms with Gasteiger partial charge in [-0.2, -0.15) is 0 Å². The van der Waals surface area contributed by atoms with E-state index in [-0.39, 0.29) is 24.0 Å². The SMILES string of the molecule is NC(=NO)c1cc([N+](=O)[O-])ccc1N1CCCC(CO)C1. The van der Waals surface area contributed by atoms with E-state index in [1.54, 1.807) is 6.07 Å². The second-order valence-corrected chi connectivity index (χ2v) is 5.08. The number of oxime groups is 1. The summed E-state index contributed by atoms with van der Waals surface area (Å²) in [6.45, 7) is 1.50. The molecule has 0 aromatic heterocycles. The topological polar surface area (TPSA) is 125 Å². The Hall–Kier alpha value is -2.35. The molecule has 8 nitrogen and oxygen atoms in total. The van der Waals surface area contributed by atoms with Crippen molar-refractivity contribution in [2.24, 2.45) is 16.8 Å². The maximum Gasteiger partial charge on any atom is 0.270 e. The standard InChI is InChI=1S/C13H18N4O4/c14-13(15-19)11-6-10(17(20)21)3-4-12(11)16-5-1-2-9(7-16)8-18/h3-4,6,9,18-19H,1-2,5,7-8H2,(H2,14,15). The molecule has 1 saturated heterocycles. The number of piperidine rings is 1. The number of rotatable bonds is 4. The van der Waals surface area contributed by atoms with E-state index in [1.165, 1.54) is 12.1 Å². The van der Waals surface area contributed by atoms with E-state index in [4.69, 9.17) is 10.9 Å². The zero-order valence-corrected chi connectivity index (χ0v) is 11.5. The molecule has 1 aromatic carbocycles. The van der Waals surface area contributed by atoms with Gasteiger partial charge in [-0.25, -0.2) is 0 Å². The Morgan fingerprint density at radius 3 is 2.95 bits per heavy atom. The summed E-state index contributed by atoms with van der Waals surface area (Å²) in [4.78, 5) is 12.3. The molecule has 114 valence electrons. The fourth-order valence-electron chi connectivity index (χ4n) is 2.61. The Bertz CT molecular complexity index is 561. The molecule has 1 aliphatic rings.